The van der Waals surface area contributed by atoms with Crippen LogP contribution < -0.4 is 5.32 Å². The molecule has 1 aromatic carbocycles. The molecule has 0 bridgehead atoms. The smallest absolute Gasteiger partial charge is 0.251 e. The Kier molecular flexibility index (Phi) is 6.15. The van der Waals surface area contributed by atoms with Crippen molar-refractivity contribution in [2.45, 2.75) is 32.7 Å². The first kappa shape index (κ1) is 14.5. The van der Waals surface area contributed by atoms with Gasteiger partial charge in [0, 0.05) is 11.6 Å². The van der Waals surface area contributed by atoms with Gasteiger partial charge in [0.15, 0.2) is 0 Å². The fourth-order valence-corrected chi connectivity index (χ4v) is 1.52. The molecule has 1 amide bonds. The van der Waals surface area contributed by atoms with Gasteiger partial charge in [-0.25, -0.2) is 0 Å². The van der Waals surface area contributed by atoms with Gasteiger partial charge in [-0.2, -0.15) is 0 Å². The Bertz CT molecular complexity index is 413. The Balaban J connectivity index is 2.72. The van der Waals surface area contributed by atoms with E-state index in [0.29, 0.717) is 5.56 Å². The van der Waals surface area contributed by atoms with Crippen LogP contribution in [0.5, 0.6) is 0 Å². The van der Waals surface area contributed by atoms with Crippen molar-refractivity contribution in [3.05, 3.63) is 41.5 Å². The number of amides is 1. The van der Waals surface area contributed by atoms with Crippen LogP contribution in [0, 0.1) is 0 Å². The molecular weight excluding hydrogens is 226 g/mol. The fourth-order valence-electron chi connectivity index (χ4n) is 1.52. The number of carbonyl (C=O) groups excluding carboxylic acids is 1. The lowest BCUT2D eigenvalue weighted by Gasteiger charge is -2.10. The highest BCUT2D eigenvalue weighted by Gasteiger charge is 2.08. The van der Waals surface area contributed by atoms with Crippen LogP contribution in [0.1, 0.15) is 42.6 Å². The summed E-state index contributed by atoms with van der Waals surface area (Å²) in [7, 11) is 0. The van der Waals surface area contributed by atoms with E-state index in [1.807, 2.05) is 24.3 Å². The molecule has 1 rings (SSSR count). The molecule has 1 aromatic rings. The first-order valence-electron chi connectivity index (χ1n) is 6.35. The number of aliphatic hydroxyl groups excluding tert-OH is 1. The molecule has 0 radical (unpaired) electrons. The third kappa shape index (κ3) is 4.72. The number of rotatable bonds is 6. The van der Waals surface area contributed by atoms with Crippen molar-refractivity contribution in [1.29, 1.82) is 0 Å². The Hall–Kier alpha value is -1.61. The number of unbranched alkanes of at least 4 members (excludes halogenated alkanes) is 1. The molecule has 18 heavy (non-hydrogen) atoms. The number of nitrogens with one attached hydrogen (secondary N) is 1. The molecule has 1 unspecified atom stereocenters. The maximum Gasteiger partial charge on any atom is 0.251 e. The van der Waals surface area contributed by atoms with Gasteiger partial charge in [0.1, 0.15) is 0 Å². The van der Waals surface area contributed by atoms with E-state index in [1.165, 1.54) is 0 Å². The molecule has 0 aromatic heterocycles. The molecule has 2 N–H and O–H groups in total. The van der Waals surface area contributed by atoms with Crippen LogP contribution in [0.15, 0.2) is 30.3 Å². The molecule has 3 nitrogen and oxygen atoms in total. The van der Waals surface area contributed by atoms with Gasteiger partial charge >= 0.3 is 0 Å². The predicted molar refractivity (Wildman–Crippen MR) is 74.4 cm³/mol. The summed E-state index contributed by atoms with van der Waals surface area (Å²) in [4.78, 5) is 11.8. The van der Waals surface area contributed by atoms with Gasteiger partial charge in [0.05, 0.1) is 6.61 Å². The first-order chi connectivity index (χ1) is 8.67. The summed E-state index contributed by atoms with van der Waals surface area (Å²) in [6, 6.07) is 7.24. The minimum absolute atomic E-state index is 0.0537. The Labute approximate surface area is 109 Å². The average Bonchev–Trinajstić information content (AvgIpc) is 2.39. The van der Waals surface area contributed by atoms with Crippen molar-refractivity contribution < 1.29 is 9.90 Å². The van der Waals surface area contributed by atoms with E-state index in [9.17, 15) is 4.79 Å². The number of carbonyl (C=O) groups is 1. The second-order valence-corrected chi connectivity index (χ2v) is 4.37. The van der Waals surface area contributed by atoms with Crippen molar-refractivity contribution in [3.63, 3.8) is 0 Å². The maximum atomic E-state index is 11.8. The summed E-state index contributed by atoms with van der Waals surface area (Å²) in [5, 5.41) is 11.6. The molecule has 0 aliphatic carbocycles. The molecule has 0 fully saturated rings. The van der Waals surface area contributed by atoms with E-state index in [0.717, 1.165) is 18.4 Å². The SMILES string of the molecule is CCC/C=C\c1cccc(C(=O)NC(C)CO)c1. The zero-order valence-corrected chi connectivity index (χ0v) is 11.0. The standard InChI is InChI=1S/C15H21NO2/c1-3-4-5-7-13-8-6-9-14(10-13)15(18)16-12(2)11-17/h5-10,12,17H,3-4,11H2,1-2H3,(H,16,18)/b7-5-. The average molecular weight is 247 g/mol. The van der Waals surface area contributed by atoms with Crippen molar-refractivity contribution in [2.24, 2.45) is 0 Å². The molecular formula is C15H21NO2. The van der Waals surface area contributed by atoms with Gasteiger partial charge in [0.2, 0.25) is 0 Å². The van der Waals surface area contributed by atoms with Crippen molar-refractivity contribution >= 4 is 12.0 Å². The molecule has 0 heterocycles. The van der Waals surface area contributed by atoms with Crippen LogP contribution in [-0.4, -0.2) is 23.7 Å². The molecule has 98 valence electrons. The van der Waals surface area contributed by atoms with Crippen LogP contribution in [0.4, 0.5) is 0 Å². The summed E-state index contributed by atoms with van der Waals surface area (Å²) in [6.07, 6.45) is 6.28. The quantitative estimate of drug-likeness (QED) is 0.811. The van der Waals surface area contributed by atoms with Crippen LogP contribution in [0.3, 0.4) is 0 Å². The van der Waals surface area contributed by atoms with Crippen LogP contribution in [0.2, 0.25) is 0 Å². The highest BCUT2D eigenvalue weighted by Crippen LogP contribution is 2.08. The minimum atomic E-state index is -0.225. The normalized spacial score (nSPS) is 12.6. The van der Waals surface area contributed by atoms with E-state index < -0.39 is 0 Å². The van der Waals surface area contributed by atoms with Crippen molar-refractivity contribution in [2.75, 3.05) is 6.61 Å². The van der Waals surface area contributed by atoms with Gasteiger partial charge in [0.25, 0.3) is 5.91 Å². The summed E-state index contributed by atoms with van der Waals surface area (Å²) < 4.78 is 0. The lowest BCUT2D eigenvalue weighted by Crippen LogP contribution is -2.34. The van der Waals surface area contributed by atoms with Gasteiger partial charge in [-0.1, -0.05) is 37.6 Å². The Morgan fingerprint density at radius 2 is 2.28 bits per heavy atom. The monoisotopic (exact) mass is 247 g/mol. The lowest BCUT2D eigenvalue weighted by molar-refractivity contribution is 0.0922. The maximum absolute atomic E-state index is 11.8. The summed E-state index contributed by atoms with van der Waals surface area (Å²) in [5.74, 6) is -0.151. The third-order valence-corrected chi connectivity index (χ3v) is 2.57. The Morgan fingerprint density at radius 3 is 2.94 bits per heavy atom. The largest absolute Gasteiger partial charge is 0.394 e. The summed E-state index contributed by atoms with van der Waals surface area (Å²) in [5.41, 5.74) is 1.64. The third-order valence-electron chi connectivity index (χ3n) is 2.57. The van der Waals surface area contributed by atoms with Crippen LogP contribution in [-0.2, 0) is 0 Å². The summed E-state index contributed by atoms with van der Waals surface area (Å²) in [6.45, 7) is 3.84. The number of aliphatic hydroxyl groups is 1. The Morgan fingerprint density at radius 1 is 1.50 bits per heavy atom. The minimum Gasteiger partial charge on any atom is -0.394 e. The van der Waals surface area contributed by atoms with Gasteiger partial charge in [-0.05, 0) is 31.0 Å². The zero-order chi connectivity index (χ0) is 13.4. The highest BCUT2D eigenvalue weighted by molar-refractivity contribution is 5.94. The van der Waals surface area contributed by atoms with Gasteiger partial charge < -0.3 is 10.4 Å². The molecule has 1 atom stereocenters. The molecule has 0 spiro atoms. The van der Waals surface area contributed by atoms with Crippen LogP contribution >= 0.6 is 0 Å². The first-order valence-corrected chi connectivity index (χ1v) is 6.35. The summed E-state index contributed by atoms with van der Waals surface area (Å²) >= 11 is 0. The molecule has 0 aliphatic heterocycles. The molecule has 0 saturated heterocycles. The fraction of sp³-hybridized carbons (Fsp3) is 0.400. The van der Waals surface area contributed by atoms with Crippen LogP contribution in [0.25, 0.3) is 6.08 Å². The molecule has 3 heteroatoms. The molecule has 0 aliphatic rings. The van der Waals surface area contributed by atoms with Gasteiger partial charge in [-0.15, -0.1) is 0 Å². The van der Waals surface area contributed by atoms with E-state index in [4.69, 9.17) is 5.11 Å². The number of hydrogen-bond donors (Lipinski definition) is 2. The number of hydrogen-bond acceptors (Lipinski definition) is 2. The van der Waals surface area contributed by atoms with Crippen molar-refractivity contribution in [1.82, 2.24) is 5.32 Å². The lowest BCUT2D eigenvalue weighted by atomic mass is 10.1. The second-order valence-electron chi connectivity index (χ2n) is 4.37. The number of benzene rings is 1. The van der Waals surface area contributed by atoms with E-state index in [1.54, 1.807) is 13.0 Å². The zero-order valence-electron chi connectivity index (χ0n) is 11.0. The van der Waals surface area contributed by atoms with Crippen molar-refractivity contribution in [3.8, 4) is 0 Å². The van der Waals surface area contributed by atoms with E-state index in [2.05, 4.69) is 18.3 Å². The van der Waals surface area contributed by atoms with Gasteiger partial charge in [-0.3, -0.25) is 4.79 Å². The second kappa shape index (κ2) is 7.67. The van der Waals surface area contributed by atoms with E-state index >= 15 is 0 Å². The predicted octanol–water partition coefficient (Wildman–Crippen LogP) is 2.61. The highest BCUT2D eigenvalue weighted by atomic mass is 16.3. The van der Waals surface area contributed by atoms with E-state index in [-0.39, 0.29) is 18.6 Å². The topological polar surface area (TPSA) is 49.3 Å². The molecule has 0 saturated carbocycles. The number of allylic oxidation sites excluding steroid dienone is 1.